The van der Waals surface area contributed by atoms with Gasteiger partial charge in [0.2, 0.25) is 0 Å². The minimum Gasteiger partial charge on any atom is -0.396 e. The number of hydrogen-bond donors (Lipinski definition) is 2. The molecular formula is C12H25NOS. The molecule has 90 valence electrons. The van der Waals surface area contributed by atoms with E-state index >= 15 is 0 Å². The van der Waals surface area contributed by atoms with Gasteiger partial charge in [-0.2, -0.15) is 11.8 Å². The normalized spacial score (nSPS) is 22.6. The number of nitrogens with one attached hydrogen (secondary N) is 1. The Morgan fingerprint density at radius 2 is 2.07 bits per heavy atom. The van der Waals surface area contributed by atoms with Crippen LogP contribution < -0.4 is 5.32 Å². The van der Waals surface area contributed by atoms with E-state index in [4.69, 9.17) is 0 Å². The van der Waals surface area contributed by atoms with E-state index in [1.54, 1.807) is 0 Å². The zero-order chi connectivity index (χ0) is 11.1. The highest BCUT2D eigenvalue weighted by Crippen LogP contribution is 2.23. The molecule has 0 spiro atoms. The molecule has 0 aliphatic carbocycles. The van der Waals surface area contributed by atoms with Crippen molar-refractivity contribution in [3.8, 4) is 0 Å². The van der Waals surface area contributed by atoms with E-state index in [9.17, 15) is 5.11 Å². The van der Waals surface area contributed by atoms with Gasteiger partial charge < -0.3 is 10.4 Å². The predicted octanol–water partition coefficient (Wildman–Crippen LogP) is 2.13. The fourth-order valence-corrected chi connectivity index (χ4v) is 3.03. The van der Waals surface area contributed by atoms with E-state index in [1.165, 1.54) is 24.3 Å². The molecule has 1 rings (SSSR count). The van der Waals surface area contributed by atoms with Gasteiger partial charge in [0.05, 0.1) is 0 Å². The summed E-state index contributed by atoms with van der Waals surface area (Å²) < 4.78 is 0. The van der Waals surface area contributed by atoms with Crippen molar-refractivity contribution in [2.45, 2.75) is 33.1 Å². The standard InChI is InChI=1S/C12H25NOS/c1-3-12(2,10-14)9-13-8-11-4-6-15-7-5-11/h11,13-14H,3-10H2,1-2H3. The van der Waals surface area contributed by atoms with Crippen LogP contribution in [-0.4, -0.2) is 36.3 Å². The number of thioether (sulfide) groups is 1. The fraction of sp³-hybridized carbons (Fsp3) is 1.00. The van der Waals surface area contributed by atoms with Crippen molar-refractivity contribution in [1.29, 1.82) is 0 Å². The average Bonchev–Trinajstić information content (AvgIpc) is 2.30. The molecule has 0 bridgehead atoms. The molecule has 2 N–H and O–H groups in total. The smallest absolute Gasteiger partial charge is 0.0496 e. The van der Waals surface area contributed by atoms with Crippen molar-refractivity contribution in [1.82, 2.24) is 5.32 Å². The van der Waals surface area contributed by atoms with Crippen molar-refractivity contribution in [2.75, 3.05) is 31.2 Å². The van der Waals surface area contributed by atoms with Crippen LogP contribution in [0.15, 0.2) is 0 Å². The van der Waals surface area contributed by atoms with Gasteiger partial charge in [-0.05, 0) is 43.2 Å². The second-order valence-corrected chi connectivity index (χ2v) is 6.23. The van der Waals surface area contributed by atoms with E-state index in [0.717, 1.165) is 25.4 Å². The molecule has 0 aromatic rings. The van der Waals surface area contributed by atoms with Gasteiger partial charge in [0.1, 0.15) is 0 Å². The summed E-state index contributed by atoms with van der Waals surface area (Å²) in [6.45, 7) is 6.67. The van der Waals surface area contributed by atoms with E-state index in [0.29, 0.717) is 0 Å². The largest absolute Gasteiger partial charge is 0.396 e. The molecular weight excluding hydrogens is 206 g/mol. The molecule has 0 aromatic heterocycles. The third-order valence-electron chi connectivity index (χ3n) is 3.56. The molecule has 2 nitrogen and oxygen atoms in total. The van der Waals surface area contributed by atoms with Crippen molar-refractivity contribution < 1.29 is 5.11 Å². The van der Waals surface area contributed by atoms with Crippen LogP contribution in [0.3, 0.4) is 0 Å². The summed E-state index contributed by atoms with van der Waals surface area (Å²) in [5, 5.41) is 12.8. The molecule has 0 amide bonds. The van der Waals surface area contributed by atoms with Gasteiger partial charge in [-0.3, -0.25) is 0 Å². The molecule has 15 heavy (non-hydrogen) atoms. The third kappa shape index (κ3) is 4.75. The van der Waals surface area contributed by atoms with Gasteiger partial charge in [0, 0.05) is 18.6 Å². The van der Waals surface area contributed by atoms with Gasteiger partial charge in [0.25, 0.3) is 0 Å². The zero-order valence-corrected chi connectivity index (χ0v) is 10.9. The van der Waals surface area contributed by atoms with Crippen LogP contribution in [0.1, 0.15) is 33.1 Å². The second kappa shape index (κ2) is 6.77. The van der Waals surface area contributed by atoms with Crippen molar-refractivity contribution in [2.24, 2.45) is 11.3 Å². The van der Waals surface area contributed by atoms with E-state index < -0.39 is 0 Å². The van der Waals surface area contributed by atoms with Crippen molar-refractivity contribution in [3.05, 3.63) is 0 Å². The summed E-state index contributed by atoms with van der Waals surface area (Å²) >= 11 is 2.08. The van der Waals surface area contributed by atoms with Crippen LogP contribution in [0.4, 0.5) is 0 Å². The Hall–Kier alpha value is 0.270. The first-order chi connectivity index (χ1) is 7.20. The highest BCUT2D eigenvalue weighted by Gasteiger charge is 2.21. The maximum absolute atomic E-state index is 9.28. The summed E-state index contributed by atoms with van der Waals surface area (Å²) in [4.78, 5) is 0. The maximum Gasteiger partial charge on any atom is 0.0496 e. The lowest BCUT2D eigenvalue weighted by atomic mass is 9.88. The lowest BCUT2D eigenvalue weighted by molar-refractivity contribution is 0.134. The number of aliphatic hydroxyl groups excluding tert-OH is 1. The Labute approximate surface area is 98.2 Å². The lowest BCUT2D eigenvalue weighted by Crippen LogP contribution is -2.37. The Morgan fingerprint density at radius 1 is 1.40 bits per heavy atom. The summed E-state index contributed by atoms with van der Waals surface area (Å²) in [6.07, 6.45) is 3.76. The van der Waals surface area contributed by atoms with Crippen LogP contribution in [0, 0.1) is 11.3 Å². The van der Waals surface area contributed by atoms with Gasteiger partial charge in [-0.15, -0.1) is 0 Å². The van der Waals surface area contributed by atoms with Crippen LogP contribution in [0.2, 0.25) is 0 Å². The van der Waals surface area contributed by atoms with E-state index in [1.807, 2.05) is 0 Å². The molecule has 1 atom stereocenters. The predicted molar refractivity (Wildman–Crippen MR) is 68.4 cm³/mol. The molecule has 0 aromatic carbocycles. The first-order valence-corrected chi connectivity index (χ1v) is 7.25. The summed E-state index contributed by atoms with van der Waals surface area (Å²) in [5.41, 5.74) is 0.0728. The van der Waals surface area contributed by atoms with Gasteiger partial charge in [-0.25, -0.2) is 0 Å². The minimum absolute atomic E-state index is 0.0728. The van der Waals surface area contributed by atoms with Crippen molar-refractivity contribution >= 4 is 11.8 Å². The Kier molecular flexibility index (Phi) is 6.02. The SMILES string of the molecule is CCC(C)(CO)CNCC1CCSCC1. The van der Waals surface area contributed by atoms with Crippen LogP contribution in [0.5, 0.6) is 0 Å². The fourth-order valence-electron chi connectivity index (χ4n) is 1.82. The molecule has 1 aliphatic heterocycles. The first-order valence-electron chi connectivity index (χ1n) is 6.09. The number of hydrogen-bond acceptors (Lipinski definition) is 3. The highest BCUT2D eigenvalue weighted by molar-refractivity contribution is 7.99. The van der Waals surface area contributed by atoms with Crippen molar-refractivity contribution in [3.63, 3.8) is 0 Å². The molecule has 3 heteroatoms. The topological polar surface area (TPSA) is 32.3 Å². The van der Waals surface area contributed by atoms with Gasteiger partial charge in [0.15, 0.2) is 0 Å². The Balaban J connectivity index is 2.14. The van der Waals surface area contributed by atoms with Crippen LogP contribution in [0.25, 0.3) is 0 Å². The van der Waals surface area contributed by atoms with Crippen LogP contribution >= 0.6 is 11.8 Å². The Morgan fingerprint density at radius 3 is 2.60 bits per heavy atom. The Bertz CT molecular complexity index is 165. The average molecular weight is 231 g/mol. The molecule has 1 aliphatic rings. The third-order valence-corrected chi connectivity index (χ3v) is 4.61. The first kappa shape index (κ1) is 13.3. The summed E-state index contributed by atoms with van der Waals surface area (Å²) in [5.74, 6) is 3.53. The molecule has 1 fully saturated rings. The van der Waals surface area contributed by atoms with E-state index in [2.05, 4.69) is 30.9 Å². The minimum atomic E-state index is 0.0728. The van der Waals surface area contributed by atoms with E-state index in [-0.39, 0.29) is 12.0 Å². The molecule has 1 heterocycles. The highest BCUT2D eigenvalue weighted by atomic mass is 32.2. The molecule has 1 unspecified atom stereocenters. The summed E-state index contributed by atoms with van der Waals surface area (Å²) in [7, 11) is 0. The van der Waals surface area contributed by atoms with Gasteiger partial charge in [-0.1, -0.05) is 13.8 Å². The monoisotopic (exact) mass is 231 g/mol. The maximum atomic E-state index is 9.28. The van der Waals surface area contributed by atoms with Gasteiger partial charge >= 0.3 is 0 Å². The quantitative estimate of drug-likeness (QED) is 0.734. The molecule has 0 radical (unpaired) electrons. The van der Waals surface area contributed by atoms with Crippen LogP contribution in [-0.2, 0) is 0 Å². The zero-order valence-electron chi connectivity index (χ0n) is 10.1. The second-order valence-electron chi connectivity index (χ2n) is 5.01. The summed E-state index contributed by atoms with van der Waals surface area (Å²) in [6, 6.07) is 0. The lowest BCUT2D eigenvalue weighted by Gasteiger charge is -2.28. The number of rotatable bonds is 6. The number of aliphatic hydroxyl groups is 1. The molecule has 1 saturated heterocycles. The molecule has 0 saturated carbocycles.